The van der Waals surface area contributed by atoms with Crippen LogP contribution in [0.5, 0.6) is 0 Å². The first-order chi connectivity index (χ1) is 10.4. The molecule has 7 nitrogen and oxygen atoms in total. The van der Waals surface area contributed by atoms with Crippen molar-refractivity contribution in [2.24, 2.45) is 13.0 Å². The lowest BCUT2D eigenvalue weighted by atomic mass is 10.1. The molecule has 2 fully saturated rings. The highest BCUT2D eigenvalue weighted by Gasteiger charge is 2.29. The van der Waals surface area contributed by atoms with Crippen LogP contribution in [-0.4, -0.2) is 65.5 Å². The van der Waals surface area contributed by atoms with Crippen molar-refractivity contribution < 1.29 is 13.2 Å². The van der Waals surface area contributed by atoms with Crippen LogP contribution < -0.4 is 0 Å². The van der Waals surface area contributed by atoms with Gasteiger partial charge >= 0.3 is 0 Å². The summed E-state index contributed by atoms with van der Waals surface area (Å²) in [5.41, 5.74) is 0. The van der Waals surface area contributed by atoms with E-state index in [9.17, 15) is 8.42 Å². The highest BCUT2D eigenvalue weighted by molar-refractivity contribution is 7.91. The van der Waals surface area contributed by atoms with Gasteiger partial charge in [-0.1, -0.05) is 0 Å². The molecule has 0 N–H and O–H groups in total. The van der Waals surface area contributed by atoms with Crippen molar-refractivity contribution in [1.29, 1.82) is 0 Å². The third-order valence-electron chi connectivity index (χ3n) is 4.37. The summed E-state index contributed by atoms with van der Waals surface area (Å²) in [6.07, 6.45) is 1.40. The van der Waals surface area contributed by atoms with E-state index >= 15 is 0 Å². The number of morpholine rings is 1. The summed E-state index contributed by atoms with van der Waals surface area (Å²) in [5.74, 6) is 1.62. The van der Waals surface area contributed by atoms with Crippen LogP contribution in [0.4, 0.5) is 0 Å². The Morgan fingerprint density at radius 2 is 2.09 bits per heavy atom. The zero-order chi connectivity index (χ0) is 15.7. The molecule has 3 rings (SSSR count). The molecule has 9 heteroatoms. The fourth-order valence-corrected chi connectivity index (χ4v) is 5.09. The van der Waals surface area contributed by atoms with E-state index in [0.717, 1.165) is 38.5 Å². The molecule has 0 unspecified atom stereocenters. The van der Waals surface area contributed by atoms with Gasteiger partial charge in [0.15, 0.2) is 14.6 Å². The first-order valence-electron chi connectivity index (χ1n) is 7.58. The van der Waals surface area contributed by atoms with Crippen LogP contribution in [0, 0.1) is 10.7 Å². The maximum absolute atomic E-state index is 11.6. The number of nitrogens with zero attached hydrogens (tertiary/aromatic N) is 4. The molecule has 1 aromatic heterocycles. The van der Waals surface area contributed by atoms with Crippen LogP contribution in [-0.2, 0) is 34.7 Å². The predicted octanol–water partition coefficient (Wildman–Crippen LogP) is 0.218. The van der Waals surface area contributed by atoms with Gasteiger partial charge in [-0.25, -0.2) is 13.1 Å². The van der Waals surface area contributed by atoms with Crippen molar-refractivity contribution in [1.82, 2.24) is 19.2 Å². The Bertz CT molecular complexity index is 689. The lowest BCUT2D eigenvalue weighted by molar-refractivity contribution is 0.0209. The number of hydrogen-bond acceptors (Lipinski definition) is 6. The smallest absolute Gasteiger partial charge is 0.198 e. The molecule has 0 bridgehead atoms. The summed E-state index contributed by atoms with van der Waals surface area (Å²) in [6.45, 7) is 3.92. The van der Waals surface area contributed by atoms with Crippen molar-refractivity contribution in [2.75, 3.05) is 37.8 Å². The van der Waals surface area contributed by atoms with E-state index in [0.29, 0.717) is 23.6 Å². The molecule has 2 saturated heterocycles. The number of ether oxygens (including phenoxy) is 1. The number of sulfone groups is 1. The number of aromatic nitrogens is 3. The Labute approximate surface area is 135 Å². The summed E-state index contributed by atoms with van der Waals surface area (Å²) >= 11 is 5.46. The molecule has 1 aromatic rings. The predicted molar refractivity (Wildman–Crippen MR) is 84.9 cm³/mol. The van der Waals surface area contributed by atoms with E-state index in [2.05, 4.69) is 10.00 Å². The normalized spacial score (nSPS) is 25.6. The molecule has 0 radical (unpaired) electrons. The summed E-state index contributed by atoms with van der Waals surface area (Å²) in [6, 6.07) is 0. The van der Waals surface area contributed by atoms with E-state index in [1.165, 1.54) is 0 Å². The Morgan fingerprint density at radius 3 is 2.73 bits per heavy atom. The third-order valence-corrected chi connectivity index (χ3v) is 6.69. The molecule has 0 aliphatic carbocycles. The molecular formula is C13H22N4O3S2. The average Bonchev–Trinajstić information content (AvgIpc) is 2.95. The maximum atomic E-state index is 11.6. The van der Waals surface area contributed by atoms with Gasteiger partial charge in [-0.05, 0) is 24.6 Å². The fraction of sp³-hybridized carbons (Fsp3) is 0.846. The highest BCUT2D eigenvalue weighted by Crippen LogP contribution is 2.22. The minimum Gasteiger partial charge on any atom is -0.379 e. The zero-order valence-corrected chi connectivity index (χ0v) is 14.4. The Kier molecular flexibility index (Phi) is 4.67. The van der Waals surface area contributed by atoms with Gasteiger partial charge in [0.25, 0.3) is 0 Å². The summed E-state index contributed by atoms with van der Waals surface area (Å²) < 4.78 is 32.9. The topological polar surface area (TPSA) is 69.4 Å². The fourth-order valence-electron chi connectivity index (χ4n) is 3.03. The van der Waals surface area contributed by atoms with Crippen LogP contribution >= 0.6 is 12.2 Å². The SMILES string of the molecule is Cn1c(C[C@@H]2CCS(=O)(=O)C2)nn(CN2CCOCC2)c1=S. The molecule has 0 aromatic carbocycles. The van der Waals surface area contributed by atoms with Gasteiger partial charge in [0, 0.05) is 26.6 Å². The lowest BCUT2D eigenvalue weighted by Gasteiger charge is -2.26. The maximum Gasteiger partial charge on any atom is 0.198 e. The molecule has 22 heavy (non-hydrogen) atoms. The minimum atomic E-state index is -2.85. The van der Waals surface area contributed by atoms with Gasteiger partial charge in [-0.2, -0.15) is 5.10 Å². The van der Waals surface area contributed by atoms with Gasteiger partial charge in [-0.3, -0.25) is 4.90 Å². The number of rotatable bonds is 4. The van der Waals surface area contributed by atoms with Gasteiger partial charge in [0.1, 0.15) is 5.82 Å². The van der Waals surface area contributed by atoms with Crippen molar-refractivity contribution in [3.05, 3.63) is 10.6 Å². The largest absolute Gasteiger partial charge is 0.379 e. The van der Waals surface area contributed by atoms with E-state index in [-0.39, 0.29) is 11.7 Å². The number of hydrogen-bond donors (Lipinski definition) is 0. The van der Waals surface area contributed by atoms with E-state index in [1.807, 2.05) is 16.3 Å². The highest BCUT2D eigenvalue weighted by atomic mass is 32.2. The van der Waals surface area contributed by atoms with Gasteiger partial charge < -0.3 is 9.30 Å². The first-order valence-corrected chi connectivity index (χ1v) is 9.81. The second-order valence-corrected chi connectivity index (χ2v) is 8.70. The lowest BCUT2D eigenvalue weighted by Crippen LogP contribution is -2.37. The van der Waals surface area contributed by atoms with Crippen molar-refractivity contribution in [3.8, 4) is 0 Å². The molecule has 1 atom stereocenters. The second-order valence-electron chi connectivity index (χ2n) is 6.10. The third kappa shape index (κ3) is 3.58. The van der Waals surface area contributed by atoms with Crippen LogP contribution in [0.2, 0.25) is 0 Å². The average molecular weight is 346 g/mol. The zero-order valence-electron chi connectivity index (χ0n) is 12.8. The standard InChI is InChI=1S/C13H22N4O3S2/c1-15-12(8-11-2-7-22(18,19)9-11)14-17(13(15)21)10-16-3-5-20-6-4-16/h11H,2-10H2,1H3/t11-/m0/s1. The molecule has 0 spiro atoms. The van der Waals surface area contributed by atoms with Crippen molar-refractivity contribution in [3.63, 3.8) is 0 Å². The van der Waals surface area contributed by atoms with E-state index in [4.69, 9.17) is 17.0 Å². The Hall–Kier alpha value is -0.770. The van der Waals surface area contributed by atoms with Crippen LogP contribution in [0.3, 0.4) is 0 Å². The summed E-state index contributed by atoms with van der Waals surface area (Å²) in [5, 5.41) is 4.61. The Balaban J connectivity index is 1.70. The molecule has 124 valence electrons. The quantitative estimate of drug-likeness (QED) is 0.727. The Morgan fingerprint density at radius 1 is 1.36 bits per heavy atom. The molecular weight excluding hydrogens is 324 g/mol. The summed E-state index contributed by atoms with van der Waals surface area (Å²) in [4.78, 5) is 2.26. The van der Waals surface area contributed by atoms with E-state index in [1.54, 1.807) is 0 Å². The van der Waals surface area contributed by atoms with Gasteiger partial charge in [0.05, 0.1) is 31.4 Å². The molecule has 0 amide bonds. The van der Waals surface area contributed by atoms with Crippen molar-refractivity contribution in [2.45, 2.75) is 19.5 Å². The molecule has 0 saturated carbocycles. The van der Waals surface area contributed by atoms with Gasteiger partial charge in [0.2, 0.25) is 0 Å². The molecule has 2 aliphatic rings. The molecule has 2 aliphatic heterocycles. The van der Waals surface area contributed by atoms with Crippen LogP contribution in [0.15, 0.2) is 0 Å². The van der Waals surface area contributed by atoms with Gasteiger partial charge in [-0.15, -0.1) is 0 Å². The van der Waals surface area contributed by atoms with Crippen LogP contribution in [0.1, 0.15) is 12.2 Å². The van der Waals surface area contributed by atoms with Crippen LogP contribution in [0.25, 0.3) is 0 Å². The van der Waals surface area contributed by atoms with Crippen molar-refractivity contribution >= 4 is 22.1 Å². The summed E-state index contributed by atoms with van der Waals surface area (Å²) in [7, 11) is -0.940. The second kappa shape index (κ2) is 6.38. The van der Waals surface area contributed by atoms with E-state index < -0.39 is 9.84 Å². The molecule has 3 heterocycles. The minimum absolute atomic E-state index is 0.164. The monoisotopic (exact) mass is 346 g/mol. The first kappa shape index (κ1) is 16.1.